The van der Waals surface area contributed by atoms with E-state index in [9.17, 15) is 8.42 Å². The van der Waals surface area contributed by atoms with Crippen LogP contribution in [0.15, 0.2) is 69.7 Å². The molecule has 0 atom stereocenters. The number of hydrogen-bond acceptors (Lipinski definition) is 5. The molecule has 4 aromatic rings. The molecule has 3 aromatic heterocycles. The number of rotatable bonds is 3. The normalized spacial score (nSPS) is 11.9. The Morgan fingerprint density at radius 1 is 1.12 bits per heavy atom. The molecule has 0 unspecified atom stereocenters. The summed E-state index contributed by atoms with van der Waals surface area (Å²) in [7, 11) is -3.73. The first-order chi connectivity index (χ1) is 11.6. The zero-order chi connectivity index (χ0) is 16.7. The number of pyridine rings is 1. The van der Waals surface area contributed by atoms with Crippen LogP contribution in [0.2, 0.25) is 0 Å². The average Bonchev–Trinajstić information content (AvgIpc) is 3.22. The molecule has 3 heterocycles. The van der Waals surface area contributed by atoms with E-state index in [4.69, 9.17) is 0 Å². The highest BCUT2D eigenvalue weighted by Gasteiger charge is 2.23. The van der Waals surface area contributed by atoms with Gasteiger partial charge in [-0.15, -0.1) is 11.3 Å². The summed E-state index contributed by atoms with van der Waals surface area (Å²) in [6.07, 6.45) is 4.87. The fourth-order valence-electron chi connectivity index (χ4n) is 2.47. The van der Waals surface area contributed by atoms with Gasteiger partial charge in [-0.05, 0) is 34.1 Å². The minimum absolute atomic E-state index is 0.220. The Hall–Kier alpha value is -2.03. The Bertz CT molecular complexity index is 1120. The number of fused-ring (bicyclic) bond motifs is 1. The number of nitrogens with zero attached hydrogens (tertiary/aromatic N) is 3. The van der Waals surface area contributed by atoms with Gasteiger partial charge in [0.25, 0.3) is 10.0 Å². The first-order valence-electron chi connectivity index (χ1n) is 6.94. The van der Waals surface area contributed by atoms with Crippen LogP contribution in [0.3, 0.4) is 0 Å². The zero-order valence-electron chi connectivity index (χ0n) is 12.1. The van der Waals surface area contributed by atoms with Gasteiger partial charge in [0.15, 0.2) is 5.65 Å². The molecule has 0 aliphatic carbocycles. The van der Waals surface area contributed by atoms with Crippen molar-refractivity contribution < 1.29 is 8.42 Å². The van der Waals surface area contributed by atoms with Crippen LogP contribution < -0.4 is 0 Å². The van der Waals surface area contributed by atoms with Crippen molar-refractivity contribution in [1.82, 2.24) is 13.9 Å². The fourth-order valence-corrected chi connectivity index (χ4v) is 4.81. The minimum Gasteiger partial charge on any atom is -0.244 e. The second-order valence-electron chi connectivity index (χ2n) is 5.02. The van der Waals surface area contributed by atoms with E-state index in [1.54, 1.807) is 48.9 Å². The van der Waals surface area contributed by atoms with Gasteiger partial charge in [-0.1, -0.05) is 18.2 Å². The molecule has 0 saturated heterocycles. The number of hydrogen-bond donors (Lipinski definition) is 0. The summed E-state index contributed by atoms with van der Waals surface area (Å²) in [4.78, 5) is 8.84. The third kappa shape index (κ3) is 2.47. The molecule has 0 fully saturated rings. The van der Waals surface area contributed by atoms with Gasteiger partial charge in [-0.2, -0.15) is 0 Å². The van der Waals surface area contributed by atoms with Crippen molar-refractivity contribution in [3.8, 4) is 10.6 Å². The molecule has 4 rings (SSSR count). The third-order valence-electron chi connectivity index (χ3n) is 3.54. The Balaban J connectivity index is 2.04. The van der Waals surface area contributed by atoms with Gasteiger partial charge < -0.3 is 0 Å². The fraction of sp³-hybridized carbons (Fsp3) is 0. The van der Waals surface area contributed by atoms with Gasteiger partial charge in [-0.3, -0.25) is 0 Å². The second-order valence-corrected chi connectivity index (χ2v) is 8.64. The molecule has 24 heavy (non-hydrogen) atoms. The van der Waals surface area contributed by atoms with Crippen LogP contribution in [-0.4, -0.2) is 22.4 Å². The van der Waals surface area contributed by atoms with Gasteiger partial charge >= 0.3 is 0 Å². The number of benzene rings is 1. The molecule has 5 nitrogen and oxygen atoms in total. The molecule has 0 amide bonds. The highest BCUT2D eigenvalue weighted by atomic mass is 79.9. The van der Waals surface area contributed by atoms with E-state index >= 15 is 0 Å². The van der Waals surface area contributed by atoms with Crippen molar-refractivity contribution in [2.24, 2.45) is 0 Å². The van der Waals surface area contributed by atoms with Gasteiger partial charge in [0.05, 0.1) is 4.90 Å². The summed E-state index contributed by atoms with van der Waals surface area (Å²) in [5.74, 6) is 0. The maximum absolute atomic E-state index is 13.0. The van der Waals surface area contributed by atoms with Crippen molar-refractivity contribution in [1.29, 1.82) is 0 Å². The Morgan fingerprint density at radius 2 is 1.92 bits per heavy atom. The third-order valence-corrected chi connectivity index (χ3v) is 6.45. The van der Waals surface area contributed by atoms with Crippen molar-refractivity contribution in [3.63, 3.8) is 0 Å². The number of halogens is 1. The smallest absolute Gasteiger partial charge is 0.244 e. The molecular formula is C16H10BrN3O2S2. The minimum atomic E-state index is -3.73. The Morgan fingerprint density at radius 3 is 2.62 bits per heavy atom. The van der Waals surface area contributed by atoms with Crippen molar-refractivity contribution in [3.05, 3.63) is 64.8 Å². The highest BCUT2D eigenvalue weighted by molar-refractivity contribution is 9.10. The lowest BCUT2D eigenvalue weighted by molar-refractivity contribution is 0.589. The van der Waals surface area contributed by atoms with Crippen molar-refractivity contribution >= 4 is 48.3 Å². The molecule has 120 valence electrons. The molecule has 0 spiro atoms. The Kier molecular flexibility index (Phi) is 3.75. The van der Waals surface area contributed by atoms with Gasteiger partial charge in [-0.25, -0.2) is 22.4 Å². The first-order valence-corrected chi connectivity index (χ1v) is 10.1. The summed E-state index contributed by atoms with van der Waals surface area (Å²) in [5.41, 5.74) is 1.13. The molecule has 0 aliphatic heterocycles. The lowest BCUT2D eigenvalue weighted by Crippen LogP contribution is -2.12. The van der Waals surface area contributed by atoms with Crippen LogP contribution in [0.25, 0.3) is 21.6 Å². The predicted octanol–water partition coefficient (Wildman–Crippen LogP) is 4.16. The standard InChI is InChI=1S/C16H10BrN3O2S2/c17-11-8-13-14(16-18-6-7-23-16)10-20(15(13)19-9-11)24(21,22)12-4-2-1-3-5-12/h1-10H. The summed E-state index contributed by atoms with van der Waals surface area (Å²) < 4.78 is 28.0. The maximum Gasteiger partial charge on any atom is 0.269 e. The molecule has 8 heteroatoms. The highest BCUT2D eigenvalue weighted by Crippen LogP contribution is 2.34. The number of thiazole rings is 1. The summed E-state index contributed by atoms with van der Waals surface area (Å²) in [5, 5.41) is 3.34. The van der Waals surface area contributed by atoms with Crippen molar-refractivity contribution in [2.75, 3.05) is 0 Å². The van der Waals surface area contributed by atoms with Crippen LogP contribution >= 0.6 is 27.3 Å². The van der Waals surface area contributed by atoms with Crippen molar-refractivity contribution in [2.45, 2.75) is 4.90 Å². The maximum atomic E-state index is 13.0. The van der Waals surface area contributed by atoms with Crippen LogP contribution in [0.5, 0.6) is 0 Å². The monoisotopic (exact) mass is 419 g/mol. The van der Waals surface area contributed by atoms with Crippen LogP contribution in [0.1, 0.15) is 0 Å². The van der Waals surface area contributed by atoms with Gasteiger partial charge in [0.2, 0.25) is 0 Å². The van der Waals surface area contributed by atoms with E-state index in [0.29, 0.717) is 5.65 Å². The SMILES string of the molecule is O=S(=O)(c1ccccc1)n1cc(-c2nccs2)c2cc(Br)cnc21. The quantitative estimate of drug-likeness (QED) is 0.499. The van der Waals surface area contributed by atoms with E-state index < -0.39 is 10.0 Å². The van der Waals surface area contributed by atoms with Crippen LogP contribution in [-0.2, 0) is 10.0 Å². The molecule has 0 bridgehead atoms. The van der Waals surface area contributed by atoms with E-state index in [2.05, 4.69) is 25.9 Å². The van der Waals surface area contributed by atoms with E-state index in [-0.39, 0.29) is 4.90 Å². The van der Waals surface area contributed by atoms with E-state index in [1.807, 2.05) is 11.4 Å². The lowest BCUT2D eigenvalue weighted by Gasteiger charge is -2.06. The average molecular weight is 420 g/mol. The second kappa shape index (κ2) is 5.80. The molecule has 0 aliphatic rings. The largest absolute Gasteiger partial charge is 0.269 e. The van der Waals surface area contributed by atoms with Gasteiger partial charge in [0.1, 0.15) is 5.01 Å². The zero-order valence-corrected chi connectivity index (χ0v) is 15.3. The Labute approximate surface area is 150 Å². The molecular weight excluding hydrogens is 410 g/mol. The topological polar surface area (TPSA) is 64.8 Å². The molecule has 1 aromatic carbocycles. The summed E-state index contributed by atoms with van der Waals surface area (Å²) in [6.45, 7) is 0. The summed E-state index contributed by atoms with van der Waals surface area (Å²) >= 11 is 4.85. The van der Waals surface area contributed by atoms with Gasteiger partial charge in [0, 0.05) is 39.4 Å². The van der Waals surface area contributed by atoms with E-state index in [0.717, 1.165) is 20.4 Å². The predicted molar refractivity (Wildman–Crippen MR) is 97.6 cm³/mol. The molecule has 0 saturated carbocycles. The molecule has 0 radical (unpaired) electrons. The van der Waals surface area contributed by atoms with Crippen LogP contribution in [0.4, 0.5) is 0 Å². The summed E-state index contributed by atoms with van der Waals surface area (Å²) in [6, 6.07) is 10.2. The molecule has 0 N–H and O–H groups in total. The lowest BCUT2D eigenvalue weighted by atomic mass is 10.2. The van der Waals surface area contributed by atoms with Crippen LogP contribution in [0, 0.1) is 0 Å². The number of aromatic nitrogens is 3. The first kappa shape index (κ1) is 15.5. The van der Waals surface area contributed by atoms with E-state index in [1.165, 1.54) is 15.3 Å².